The van der Waals surface area contributed by atoms with Gasteiger partial charge in [-0.25, -0.2) is 0 Å². The van der Waals surface area contributed by atoms with E-state index in [1.807, 2.05) is 12.2 Å². The summed E-state index contributed by atoms with van der Waals surface area (Å²) in [6.07, 6.45) is 11.9. The molecule has 0 saturated heterocycles. The molecule has 0 fully saturated rings. The molecule has 0 saturated carbocycles. The summed E-state index contributed by atoms with van der Waals surface area (Å²) >= 11 is 0. The summed E-state index contributed by atoms with van der Waals surface area (Å²) in [5, 5.41) is 65.3. The minimum atomic E-state index is -1.22. The molecule has 0 rings (SSSR count). The van der Waals surface area contributed by atoms with Crippen LogP contribution in [0.2, 0.25) is 0 Å². The fraction of sp³-hybridized carbons (Fsp3) is 0.737. The topological polar surface area (TPSA) is 254 Å². The number of hydrogen-bond donors (Lipinski definition) is 6. The van der Waals surface area contributed by atoms with Gasteiger partial charge in [-0.15, -0.1) is 0 Å². The fourth-order valence-electron chi connectivity index (χ4n) is 6.12. The number of quaternary nitrogens is 2. The van der Waals surface area contributed by atoms with Crippen LogP contribution in [0.3, 0.4) is 0 Å². The predicted molar refractivity (Wildman–Crippen MR) is 205 cm³/mol. The van der Waals surface area contributed by atoms with E-state index < -0.39 is 47.5 Å². The summed E-state index contributed by atoms with van der Waals surface area (Å²) < 4.78 is 0.177. The number of aliphatic carboxylic acids is 4. The zero-order chi connectivity index (χ0) is 41.7. The number of aliphatic hydroxyl groups is 2. The molecule has 0 radical (unpaired) electrons. The summed E-state index contributed by atoms with van der Waals surface area (Å²) in [4.78, 5) is 68.7. The summed E-state index contributed by atoms with van der Waals surface area (Å²) in [7, 11) is 0. The van der Waals surface area contributed by atoms with E-state index in [0.29, 0.717) is 13.1 Å². The van der Waals surface area contributed by atoms with E-state index in [1.165, 1.54) is 13.8 Å². The number of nitrogens with zero attached hydrogens (tertiary/aromatic N) is 2. The minimum absolute atomic E-state index is 0. The third-order valence-corrected chi connectivity index (χ3v) is 9.11. The summed E-state index contributed by atoms with van der Waals surface area (Å²) in [6, 6.07) is 0. The van der Waals surface area contributed by atoms with Crippen LogP contribution in [0.4, 0.5) is 0 Å². The van der Waals surface area contributed by atoms with Crippen molar-refractivity contribution in [3.05, 3.63) is 24.3 Å². The van der Waals surface area contributed by atoms with E-state index in [-0.39, 0.29) is 137 Å². The van der Waals surface area contributed by atoms with Crippen LogP contribution in [0, 0.1) is 23.7 Å². The van der Waals surface area contributed by atoms with Crippen molar-refractivity contribution in [3.63, 3.8) is 0 Å². The van der Waals surface area contributed by atoms with Crippen LogP contribution in [0.25, 0.3) is 0 Å². The van der Waals surface area contributed by atoms with Gasteiger partial charge in [0.2, 0.25) is 11.8 Å². The van der Waals surface area contributed by atoms with Gasteiger partial charge in [0.25, 0.3) is 0 Å². The third-order valence-electron chi connectivity index (χ3n) is 9.11. The van der Waals surface area contributed by atoms with Gasteiger partial charge < -0.3 is 59.8 Å². The summed E-state index contributed by atoms with van der Waals surface area (Å²) in [6.45, 7) is 12.0. The number of carboxylic acid groups (broad SMARTS) is 4. The van der Waals surface area contributed by atoms with Crippen LogP contribution in [-0.2, 0) is 28.8 Å². The van der Waals surface area contributed by atoms with Crippen LogP contribution >= 0.6 is 0 Å². The van der Waals surface area contributed by atoms with Crippen LogP contribution in [0.1, 0.15) is 80.1 Å². The number of carbonyl (C=O) groups is 6. The Bertz CT molecular complexity index is 1070. The van der Waals surface area contributed by atoms with E-state index >= 15 is 0 Å². The Morgan fingerprint density at radius 2 is 0.873 bits per heavy atom. The molecule has 0 bridgehead atoms. The smallest absolute Gasteiger partial charge is 0.550 e. The second kappa shape index (κ2) is 32.5. The molecule has 0 aromatic rings. The molecule has 2 amide bonds. The molecule has 0 spiro atoms. The molecule has 312 valence electrons. The van der Waals surface area contributed by atoms with Crippen molar-refractivity contribution in [3.8, 4) is 0 Å². The first-order valence-corrected chi connectivity index (χ1v) is 19.0. The molecule has 6 N–H and O–H groups in total. The number of rotatable bonds is 30. The standard InChI is InChI=1S/2C19H34N2O6.Ca/c2*1-4-5-6-7-8-17(23)20-9-10-21(11-12-22,13-15(2)18(24)25)14-16(3)19(26)27;/h2*6-7,15-16,22H,4-5,8-14H2,1-3H3,(H2-,20,23,24,25,26,27);/q;;+2/b2*7-6+;. The first-order chi connectivity index (χ1) is 25.3. The molecule has 0 aliphatic heterocycles. The number of carboxylic acids is 4. The van der Waals surface area contributed by atoms with Gasteiger partial charge in [0.1, 0.15) is 24.9 Å². The molecule has 16 nitrogen and oxygen atoms in total. The number of hydrogen-bond acceptors (Lipinski definition) is 10. The van der Waals surface area contributed by atoms with Gasteiger partial charge in [-0.1, -0.05) is 64.8 Å². The van der Waals surface area contributed by atoms with Crippen molar-refractivity contribution >= 4 is 73.4 Å². The number of aliphatic hydroxyl groups excluding tert-OH is 2. The van der Waals surface area contributed by atoms with Crippen molar-refractivity contribution < 1.29 is 68.4 Å². The monoisotopic (exact) mass is 812 g/mol. The molecule has 0 aliphatic carbocycles. The average molecular weight is 813 g/mol. The van der Waals surface area contributed by atoms with E-state index in [4.69, 9.17) is 0 Å². The Balaban J connectivity index is -0.000000966. The van der Waals surface area contributed by atoms with E-state index in [2.05, 4.69) is 24.5 Å². The van der Waals surface area contributed by atoms with Gasteiger partial charge >= 0.3 is 49.7 Å². The zero-order valence-corrected chi connectivity index (χ0v) is 36.2. The van der Waals surface area contributed by atoms with Crippen molar-refractivity contribution in [2.45, 2.75) is 80.1 Å². The van der Waals surface area contributed by atoms with Crippen molar-refractivity contribution in [2.75, 3.05) is 78.7 Å². The largest absolute Gasteiger partial charge is 2.00 e. The number of carbonyl (C=O) groups excluding carboxylic acids is 4. The molecule has 6 atom stereocenters. The molecule has 0 aliphatic rings. The molecule has 6 unspecified atom stereocenters. The Labute approximate surface area is 357 Å². The van der Waals surface area contributed by atoms with Gasteiger partial charge in [-0.3, -0.25) is 19.2 Å². The van der Waals surface area contributed by atoms with Gasteiger partial charge in [0, 0.05) is 36.6 Å². The van der Waals surface area contributed by atoms with Crippen LogP contribution in [0.5, 0.6) is 0 Å². The predicted octanol–water partition coefficient (Wildman–Crippen LogP) is -0.851. The second-order valence-electron chi connectivity index (χ2n) is 14.3. The molecule has 0 aromatic heterocycles. The maximum absolute atomic E-state index is 11.9. The van der Waals surface area contributed by atoms with Crippen molar-refractivity contribution in [2.24, 2.45) is 23.7 Å². The quantitative estimate of drug-likeness (QED) is 0.0295. The first-order valence-electron chi connectivity index (χ1n) is 19.0. The fourth-order valence-corrected chi connectivity index (χ4v) is 6.12. The summed E-state index contributed by atoms with van der Waals surface area (Å²) in [5.41, 5.74) is 0. The number of unbranched alkanes of at least 4 members (excludes halogenated alkanes) is 2. The molecule has 0 aromatic carbocycles. The first kappa shape index (κ1) is 56.7. The van der Waals surface area contributed by atoms with Gasteiger partial charge in [-0.2, -0.15) is 0 Å². The van der Waals surface area contributed by atoms with Crippen LogP contribution in [-0.4, -0.2) is 181 Å². The maximum atomic E-state index is 11.9. The molecule has 55 heavy (non-hydrogen) atoms. The SMILES string of the molecule is CCC/C=C/CC(=O)NCC[N+](CCO)(CC(C)C(=O)[O-])CC(C)C(=O)O.CCC/C=C/CC(=O)NCC[N+](CCO)(CC(C)C(=O)[O-])CC(C)C(=O)O.[Ca+2]. The van der Waals surface area contributed by atoms with Crippen molar-refractivity contribution in [1.82, 2.24) is 10.6 Å². The van der Waals surface area contributed by atoms with Gasteiger partial charge in [0.05, 0.1) is 65.6 Å². The molecule has 17 heteroatoms. The van der Waals surface area contributed by atoms with E-state index in [9.17, 15) is 59.4 Å². The molecule has 0 heterocycles. The average Bonchev–Trinajstić information content (AvgIpc) is 3.08. The Kier molecular flexibility index (Phi) is 33.5. The Morgan fingerprint density at radius 1 is 0.564 bits per heavy atom. The Hall–Kier alpha value is -2.60. The normalized spacial score (nSPS) is 15.6. The van der Waals surface area contributed by atoms with E-state index in [0.717, 1.165) is 25.7 Å². The minimum Gasteiger partial charge on any atom is -0.550 e. The van der Waals surface area contributed by atoms with Crippen LogP contribution in [0.15, 0.2) is 24.3 Å². The third kappa shape index (κ3) is 27.6. The maximum Gasteiger partial charge on any atom is 2.00 e. The van der Waals surface area contributed by atoms with Crippen molar-refractivity contribution in [1.29, 1.82) is 0 Å². The summed E-state index contributed by atoms with van der Waals surface area (Å²) in [5.74, 6) is -7.73. The van der Waals surface area contributed by atoms with E-state index in [1.54, 1.807) is 26.0 Å². The second-order valence-corrected chi connectivity index (χ2v) is 14.3. The number of nitrogens with one attached hydrogen (secondary N) is 2. The van der Waals surface area contributed by atoms with Crippen LogP contribution < -0.4 is 20.8 Å². The number of amides is 2. The zero-order valence-electron chi connectivity index (χ0n) is 34.0. The molecular weight excluding hydrogens is 745 g/mol. The molecular formula is C38H68CaN4O12+2. The Morgan fingerprint density at radius 3 is 1.13 bits per heavy atom. The number of allylic oxidation sites excluding steroid dienone is 2. The van der Waals surface area contributed by atoms with Gasteiger partial charge in [-0.05, 0) is 26.7 Å². The van der Waals surface area contributed by atoms with Gasteiger partial charge in [0.15, 0.2) is 0 Å².